The summed E-state index contributed by atoms with van der Waals surface area (Å²) in [6.45, 7) is 0. The third-order valence-corrected chi connectivity index (χ3v) is 5.05. The average Bonchev–Trinajstić information content (AvgIpc) is 2.77. The number of hydrogen-bond acceptors (Lipinski definition) is 3. The Morgan fingerprint density at radius 2 is 1.30 bits per heavy atom. The van der Waals surface area contributed by atoms with Crippen LogP contribution in [0.5, 0.6) is 11.5 Å². The zero-order valence-corrected chi connectivity index (χ0v) is 17.2. The smallest absolute Gasteiger partial charge is 0.125 e. The Hall–Kier alpha value is -3.30. The molecule has 0 fully saturated rings. The average molecular weight is 401 g/mol. The van der Waals surface area contributed by atoms with E-state index in [9.17, 15) is 10.2 Å². The standard InChI is InChI=1S/C27H28O3/c1-30-26-18-8-17-25(28)24(26)21-27(29,19-9-15-22-11-4-2-5-12-22)20-10-16-23-13-6-3-7-14-23/h2-18,28-29H,19-21H2,1H3/b15-9+,16-10+. The Morgan fingerprint density at radius 1 is 0.767 bits per heavy atom. The van der Waals surface area contributed by atoms with E-state index in [2.05, 4.69) is 0 Å². The van der Waals surface area contributed by atoms with Crippen molar-refractivity contribution < 1.29 is 14.9 Å². The normalized spacial score (nSPS) is 11.9. The van der Waals surface area contributed by atoms with Crippen LogP contribution in [0.15, 0.2) is 91.0 Å². The van der Waals surface area contributed by atoms with Gasteiger partial charge < -0.3 is 14.9 Å². The van der Waals surface area contributed by atoms with Gasteiger partial charge in [0, 0.05) is 12.0 Å². The third-order valence-electron chi connectivity index (χ3n) is 5.05. The summed E-state index contributed by atoms with van der Waals surface area (Å²) in [6, 6.07) is 25.2. The second-order valence-electron chi connectivity index (χ2n) is 7.39. The lowest BCUT2D eigenvalue weighted by atomic mass is 9.86. The zero-order valence-electron chi connectivity index (χ0n) is 17.2. The molecule has 0 heterocycles. The number of ether oxygens (including phenoxy) is 1. The summed E-state index contributed by atoms with van der Waals surface area (Å²) in [5.41, 5.74) is 1.71. The number of phenolic OH excluding ortho intramolecular Hbond substituents is 1. The van der Waals surface area contributed by atoms with Crippen molar-refractivity contribution in [3.05, 3.63) is 108 Å². The molecule has 0 amide bonds. The van der Waals surface area contributed by atoms with Crippen LogP contribution in [0.3, 0.4) is 0 Å². The zero-order chi connectivity index (χ0) is 21.2. The summed E-state index contributed by atoms with van der Waals surface area (Å²) in [5.74, 6) is 0.708. The van der Waals surface area contributed by atoms with Crippen molar-refractivity contribution in [1.82, 2.24) is 0 Å². The number of rotatable bonds is 9. The van der Waals surface area contributed by atoms with Crippen molar-refractivity contribution in [2.75, 3.05) is 7.11 Å². The van der Waals surface area contributed by atoms with E-state index in [4.69, 9.17) is 4.74 Å². The van der Waals surface area contributed by atoms with Crippen LogP contribution in [0.2, 0.25) is 0 Å². The molecule has 0 aliphatic heterocycles. The van der Waals surface area contributed by atoms with Crippen LogP contribution in [0.25, 0.3) is 12.2 Å². The highest BCUT2D eigenvalue weighted by Crippen LogP contribution is 2.34. The molecular weight excluding hydrogens is 372 g/mol. The van der Waals surface area contributed by atoms with Crippen LogP contribution in [0.4, 0.5) is 0 Å². The molecule has 0 aliphatic rings. The van der Waals surface area contributed by atoms with Crippen LogP contribution in [0, 0.1) is 0 Å². The van der Waals surface area contributed by atoms with Gasteiger partial charge in [0.25, 0.3) is 0 Å². The molecule has 154 valence electrons. The molecule has 2 N–H and O–H groups in total. The number of methoxy groups -OCH3 is 1. The van der Waals surface area contributed by atoms with E-state index in [0.717, 1.165) is 11.1 Å². The van der Waals surface area contributed by atoms with Gasteiger partial charge in [0.1, 0.15) is 11.5 Å². The fourth-order valence-electron chi connectivity index (χ4n) is 3.44. The van der Waals surface area contributed by atoms with E-state index >= 15 is 0 Å². The van der Waals surface area contributed by atoms with E-state index in [1.165, 1.54) is 0 Å². The maximum atomic E-state index is 11.5. The Kier molecular flexibility index (Phi) is 7.47. The molecule has 3 nitrogen and oxygen atoms in total. The fraction of sp³-hybridized carbons (Fsp3) is 0.185. The molecule has 0 atom stereocenters. The van der Waals surface area contributed by atoms with E-state index in [0.29, 0.717) is 24.2 Å². The first-order valence-electron chi connectivity index (χ1n) is 10.1. The van der Waals surface area contributed by atoms with Crippen molar-refractivity contribution in [3.63, 3.8) is 0 Å². The lowest BCUT2D eigenvalue weighted by molar-refractivity contribution is 0.0457. The molecule has 0 bridgehead atoms. The van der Waals surface area contributed by atoms with Crippen molar-refractivity contribution in [2.45, 2.75) is 24.9 Å². The van der Waals surface area contributed by atoms with Crippen LogP contribution in [0.1, 0.15) is 29.5 Å². The molecule has 30 heavy (non-hydrogen) atoms. The first-order chi connectivity index (χ1) is 14.6. The first-order valence-corrected chi connectivity index (χ1v) is 10.1. The second-order valence-corrected chi connectivity index (χ2v) is 7.39. The molecular formula is C27H28O3. The summed E-state index contributed by atoms with van der Waals surface area (Å²) in [7, 11) is 1.57. The van der Waals surface area contributed by atoms with Crippen molar-refractivity contribution in [1.29, 1.82) is 0 Å². The molecule has 0 unspecified atom stereocenters. The molecule has 0 saturated carbocycles. The molecule has 3 aromatic rings. The van der Waals surface area contributed by atoms with E-state index in [1.54, 1.807) is 25.3 Å². The van der Waals surface area contributed by atoms with Gasteiger partial charge in [0.05, 0.1) is 12.7 Å². The van der Waals surface area contributed by atoms with Gasteiger partial charge in [-0.2, -0.15) is 0 Å². The number of aromatic hydroxyl groups is 1. The highest BCUT2D eigenvalue weighted by molar-refractivity contribution is 5.51. The Bertz CT molecular complexity index is 924. The summed E-state index contributed by atoms with van der Waals surface area (Å²) < 4.78 is 5.41. The van der Waals surface area contributed by atoms with Gasteiger partial charge in [0.2, 0.25) is 0 Å². The van der Waals surface area contributed by atoms with Gasteiger partial charge in [-0.3, -0.25) is 0 Å². The summed E-state index contributed by atoms with van der Waals surface area (Å²) >= 11 is 0. The van der Waals surface area contributed by atoms with Gasteiger partial charge in [-0.15, -0.1) is 0 Å². The minimum absolute atomic E-state index is 0.131. The highest BCUT2D eigenvalue weighted by Gasteiger charge is 2.27. The summed E-state index contributed by atoms with van der Waals surface area (Å²) in [5, 5.41) is 21.9. The van der Waals surface area contributed by atoms with E-state index in [-0.39, 0.29) is 12.2 Å². The Morgan fingerprint density at radius 3 is 1.80 bits per heavy atom. The topological polar surface area (TPSA) is 49.7 Å². The molecule has 0 aromatic heterocycles. The second kappa shape index (κ2) is 10.5. The van der Waals surface area contributed by atoms with Gasteiger partial charge in [-0.05, 0) is 36.1 Å². The number of benzene rings is 3. The van der Waals surface area contributed by atoms with Crippen LogP contribution in [-0.4, -0.2) is 22.9 Å². The largest absolute Gasteiger partial charge is 0.508 e. The minimum atomic E-state index is -1.07. The molecule has 3 heteroatoms. The molecule has 3 aromatic carbocycles. The van der Waals surface area contributed by atoms with Gasteiger partial charge in [-0.25, -0.2) is 0 Å². The minimum Gasteiger partial charge on any atom is -0.508 e. The summed E-state index contributed by atoms with van der Waals surface area (Å²) in [4.78, 5) is 0. The summed E-state index contributed by atoms with van der Waals surface area (Å²) in [6.07, 6.45) is 9.15. The SMILES string of the molecule is COc1cccc(O)c1CC(O)(C/C=C/c1ccccc1)C/C=C/c1ccccc1. The lowest BCUT2D eigenvalue weighted by Gasteiger charge is -2.27. The van der Waals surface area contributed by atoms with Crippen LogP contribution in [-0.2, 0) is 6.42 Å². The molecule has 3 rings (SSSR count). The van der Waals surface area contributed by atoms with Gasteiger partial charge >= 0.3 is 0 Å². The van der Waals surface area contributed by atoms with Gasteiger partial charge in [0.15, 0.2) is 0 Å². The van der Waals surface area contributed by atoms with Crippen molar-refractivity contribution in [2.24, 2.45) is 0 Å². The molecule has 0 radical (unpaired) electrons. The molecule has 0 spiro atoms. The highest BCUT2D eigenvalue weighted by atomic mass is 16.5. The quantitative estimate of drug-likeness (QED) is 0.471. The van der Waals surface area contributed by atoms with Crippen molar-refractivity contribution in [3.8, 4) is 11.5 Å². The lowest BCUT2D eigenvalue weighted by Crippen LogP contribution is -2.30. The van der Waals surface area contributed by atoms with E-state index < -0.39 is 5.60 Å². The van der Waals surface area contributed by atoms with Crippen LogP contribution >= 0.6 is 0 Å². The Balaban J connectivity index is 1.81. The first kappa shape index (κ1) is 21.4. The van der Waals surface area contributed by atoms with E-state index in [1.807, 2.05) is 85.0 Å². The maximum absolute atomic E-state index is 11.5. The Labute approximate surface area is 178 Å². The fourth-order valence-corrected chi connectivity index (χ4v) is 3.44. The molecule has 0 aliphatic carbocycles. The number of aliphatic hydroxyl groups is 1. The monoisotopic (exact) mass is 400 g/mol. The number of phenols is 1. The number of hydrogen-bond donors (Lipinski definition) is 2. The van der Waals surface area contributed by atoms with Crippen LogP contribution < -0.4 is 4.74 Å². The predicted molar refractivity (Wildman–Crippen MR) is 123 cm³/mol. The van der Waals surface area contributed by atoms with Crippen molar-refractivity contribution >= 4 is 12.2 Å². The third kappa shape index (κ3) is 6.10. The maximum Gasteiger partial charge on any atom is 0.125 e. The molecule has 0 saturated heterocycles. The van der Waals surface area contributed by atoms with Gasteiger partial charge in [-0.1, -0.05) is 91.0 Å². The predicted octanol–water partition coefficient (Wildman–Crippen LogP) is 5.88.